The molecule has 1 aromatic carbocycles. The van der Waals surface area contributed by atoms with Crippen molar-refractivity contribution in [2.75, 3.05) is 19.7 Å². The number of amides is 1. The number of ether oxygens (including phenoxy) is 1. The molecule has 3 heteroatoms. The number of carbonyl (C=O) groups is 1. The minimum absolute atomic E-state index is 0.133. The van der Waals surface area contributed by atoms with Gasteiger partial charge in [-0.05, 0) is 36.8 Å². The molecule has 2 aliphatic rings. The van der Waals surface area contributed by atoms with Gasteiger partial charge >= 0.3 is 0 Å². The lowest BCUT2D eigenvalue weighted by Gasteiger charge is -2.27. The summed E-state index contributed by atoms with van der Waals surface area (Å²) in [5, 5.41) is 0. The van der Waals surface area contributed by atoms with E-state index in [0.717, 1.165) is 30.6 Å². The Morgan fingerprint density at radius 3 is 2.79 bits per heavy atom. The smallest absolute Gasteiger partial charge is 0.257 e. The molecular weight excluding hydrogens is 298 g/mol. The molecule has 24 heavy (non-hydrogen) atoms. The van der Waals surface area contributed by atoms with Crippen molar-refractivity contribution in [2.24, 2.45) is 11.8 Å². The lowest BCUT2D eigenvalue weighted by molar-refractivity contribution is 0.0748. The van der Waals surface area contributed by atoms with Crippen molar-refractivity contribution in [2.45, 2.75) is 58.3 Å². The monoisotopic (exact) mass is 329 g/mol. The Bertz CT molecular complexity index is 542. The van der Waals surface area contributed by atoms with Crippen molar-refractivity contribution in [1.29, 1.82) is 0 Å². The topological polar surface area (TPSA) is 29.5 Å². The molecule has 1 aromatic rings. The van der Waals surface area contributed by atoms with Gasteiger partial charge in [-0.25, -0.2) is 0 Å². The van der Waals surface area contributed by atoms with Crippen molar-refractivity contribution in [3.8, 4) is 5.75 Å². The van der Waals surface area contributed by atoms with E-state index in [4.69, 9.17) is 4.74 Å². The number of rotatable bonds is 4. The summed E-state index contributed by atoms with van der Waals surface area (Å²) in [7, 11) is 0. The van der Waals surface area contributed by atoms with E-state index in [1.807, 2.05) is 29.2 Å². The molecule has 1 fully saturated rings. The fraction of sp³-hybridized carbons (Fsp3) is 0.667. The first kappa shape index (κ1) is 17.3. The summed E-state index contributed by atoms with van der Waals surface area (Å²) in [6.45, 7) is 4.59. The van der Waals surface area contributed by atoms with Gasteiger partial charge in [-0.1, -0.05) is 57.6 Å². The summed E-state index contributed by atoms with van der Waals surface area (Å²) in [4.78, 5) is 14.7. The van der Waals surface area contributed by atoms with Gasteiger partial charge in [0.05, 0.1) is 12.1 Å². The molecule has 0 aromatic heterocycles. The fourth-order valence-corrected chi connectivity index (χ4v) is 4.24. The molecule has 2 atom stereocenters. The van der Waals surface area contributed by atoms with E-state index in [9.17, 15) is 4.79 Å². The van der Waals surface area contributed by atoms with E-state index in [0.29, 0.717) is 18.7 Å². The van der Waals surface area contributed by atoms with E-state index in [2.05, 4.69) is 6.92 Å². The van der Waals surface area contributed by atoms with Gasteiger partial charge in [-0.3, -0.25) is 4.79 Å². The van der Waals surface area contributed by atoms with E-state index in [-0.39, 0.29) is 5.91 Å². The normalized spacial score (nSPS) is 25.2. The van der Waals surface area contributed by atoms with Gasteiger partial charge in [-0.2, -0.15) is 0 Å². The predicted molar refractivity (Wildman–Crippen MR) is 97.4 cm³/mol. The van der Waals surface area contributed by atoms with Crippen LogP contribution in [0, 0.1) is 11.8 Å². The number of hydrogen-bond donors (Lipinski definition) is 0. The largest absolute Gasteiger partial charge is 0.491 e. The number of nitrogens with zero attached hydrogens (tertiary/aromatic N) is 1. The average molecular weight is 329 g/mol. The molecule has 0 N–H and O–H groups in total. The first-order valence-electron chi connectivity index (χ1n) is 9.77. The highest BCUT2D eigenvalue weighted by Crippen LogP contribution is 2.31. The maximum absolute atomic E-state index is 12.7. The van der Waals surface area contributed by atoms with Crippen LogP contribution in [0.4, 0.5) is 0 Å². The number of para-hydroxylation sites is 1. The molecule has 0 bridgehead atoms. The first-order chi connectivity index (χ1) is 11.8. The van der Waals surface area contributed by atoms with Crippen LogP contribution in [0.3, 0.4) is 0 Å². The second-order valence-corrected chi connectivity index (χ2v) is 7.51. The minimum atomic E-state index is 0.133. The van der Waals surface area contributed by atoms with Gasteiger partial charge in [0.25, 0.3) is 5.91 Å². The van der Waals surface area contributed by atoms with Gasteiger partial charge in [0, 0.05) is 6.54 Å². The van der Waals surface area contributed by atoms with E-state index in [1.54, 1.807) is 0 Å². The molecule has 0 spiro atoms. The maximum atomic E-state index is 12.7. The molecule has 0 radical (unpaired) electrons. The van der Waals surface area contributed by atoms with Gasteiger partial charge in [0.2, 0.25) is 0 Å². The Morgan fingerprint density at radius 2 is 1.92 bits per heavy atom. The zero-order chi connectivity index (χ0) is 16.8. The summed E-state index contributed by atoms with van der Waals surface area (Å²) in [5.41, 5.74) is 0.717. The third-order valence-electron chi connectivity index (χ3n) is 5.82. The molecule has 3 nitrogen and oxygen atoms in total. The third kappa shape index (κ3) is 4.31. The van der Waals surface area contributed by atoms with Crippen LogP contribution >= 0.6 is 0 Å². The molecule has 2 unspecified atom stereocenters. The fourth-order valence-electron chi connectivity index (χ4n) is 4.24. The Kier molecular flexibility index (Phi) is 6.17. The zero-order valence-electron chi connectivity index (χ0n) is 15.0. The van der Waals surface area contributed by atoms with Crippen LogP contribution < -0.4 is 4.74 Å². The molecule has 1 aliphatic carbocycles. The second kappa shape index (κ2) is 8.55. The lowest BCUT2D eigenvalue weighted by Crippen LogP contribution is -2.33. The average Bonchev–Trinajstić information content (AvgIpc) is 2.74. The number of hydrogen-bond acceptors (Lipinski definition) is 2. The summed E-state index contributed by atoms with van der Waals surface area (Å²) in [6, 6.07) is 7.62. The summed E-state index contributed by atoms with van der Waals surface area (Å²) in [6.07, 6.45) is 10.7. The number of carbonyl (C=O) groups excluding carboxylic acids is 1. The maximum Gasteiger partial charge on any atom is 0.257 e. The Morgan fingerprint density at radius 1 is 1.12 bits per heavy atom. The van der Waals surface area contributed by atoms with Crippen molar-refractivity contribution < 1.29 is 9.53 Å². The molecule has 3 rings (SSSR count). The minimum Gasteiger partial charge on any atom is -0.491 e. The van der Waals surface area contributed by atoms with Gasteiger partial charge in [0.1, 0.15) is 12.4 Å². The molecule has 1 heterocycles. The highest BCUT2D eigenvalue weighted by Gasteiger charge is 2.24. The van der Waals surface area contributed by atoms with Crippen LogP contribution in [0.25, 0.3) is 0 Å². The molecule has 0 saturated heterocycles. The molecule has 1 aliphatic heterocycles. The summed E-state index contributed by atoms with van der Waals surface area (Å²) in [5.74, 6) is 2.55. The SMILES string of the molecule is CC1CCCCCCC1CCCN1CCOc2ccccc2C1=O. The van der Waals surface area contributed by atoms with E-state index < -0.39 is 0 Å². The molecular formula is C21H31NO2. The van der Waals surface area contributed by atoms with Crippen molar-refractivity contribution in [3.63, 3.8) is 0 Å². The van der Waals surface area contributed by atoms with Crippen molar-refractivity contribution in [3.05, 3.63) is 29.8 Å². The number of fused-ring (bicyclic) bond motifs is 1. The van der Waals surface area contributed by atoms with Gasteiger partial charge < -0.3 is 9.64 Å². The Balaban J connectivity index is 1.53. The standard InChI is InChI=1S/C21H31NO2/c1-17-9-4-2-3-5-10-18(17)11-8-14-22-15-16-24-20-13-7-6-12-19(20)21(22)23/h6-7,12-13,17-18H,2-5,8-11,14-16H2,1H3. The second-order valence-electron chi connectivity index (χ2n) is 7.51. The van der Waals surface area contributed by atoms with Crippen molar-refractivity contribution >= 4 is 5.91 Å². The zero-order valence-corrected chi connectivity index (χ0v) is 15.0. The van der Waals surface area contributed by atoms with Crippen LogP contribution in [-0.4, -0.2) is 30.5 Å². The lowest BCUT2D eigenvalue weighted by atomic mass is 9.80. The summed E-state index contributed by atoms with van der Waals surface area (Å²) >= 11 is 0. The summed E-state index contributed by atoms with van der Waals surface area (Å²) < 4.78 is 5.73. The predicted octanol–water partition coefficient (Wildman–Crippen LogP) is 4.91. The Labute approximate surface area is 146 Å². The van der Waals surface area contributed by atoms with Crippen LogP contribution in [0.1, 0.15) is 68.6 Å². The van der Waals surface area contributed by atoms with Gasteiger partial charge in [-0.15, -0.1) is 0 Å². The molecule has 1 saturated carbocycles. The van der Waals surface area contributed by atoms with Crippen molar-refractivity contribution in [1.82, 2.24) is 4.90 Å². The quantitative estimate of drug-likeness (QED) is 0.785. The van der Waals surface area contributed by atoms with Crippen LogP contribution in [0.2, 0.25) is 0 Å². The van der Waals surface area contributed by atoms with Crippen LogP contribution in [0.5, 0.6) is 5.75 Å². The van der Waals surface area contributed by atoms with Gasteiger partial charge in [0.15, 0.2) is 0 Å². The first-order valence-corrected chi connectivity index (χ1v) is 9.77. The number of benzene rings is 1. The van der Waals surface area contributed by atoms with E-state index in [1.165, 1.54) is 44.9 Å². The molecule has 1 amide bonds. The van der Waals surface area contributed by atoms with Crippen LogP contribution in [-0.2, 0) is 0 Å². The van der Waals surface area contributed by atoms with Crippen LogP contribution in [0.15, 0.2) is 24.3 Å². The highest BCUT2D eigenvalue weighted by molar-refractivity contribution is 5.97. The molecule has 132 valence electrons. The highest BCUT2D eigenvalue weighted by atomic mass is 16.5. The third-order valence-corrected chi connectivity index (χ3v) is 5.82. The van der Waals surface area contributed by atoms with E-state index >= 15 is 0 Å². The Hall–Kier alpha value is -1.51.